The van der Waals surface area contributed by atoms with E-state index in [1.807, 2.05) is 59.5 Å². The van der Waals surface area contributed by atoms with Crippen molar-refractivity contribution in [2.75, 3.05) is 24.2 Å². The Morgan fingerprint density at radius 1 is 1.06 bits per heavy atom. The van der Waals surface area contributed by atoms with Crippen molar-refractivity contribution < 1.29 is 9.59 Å². The molecule has 2 aromatic carbocycles. The van der Waals surface area contributed by atoms with E-state index in [2.05, 4.69) is 15.3 Å². The Labute approximate surface area is 194 Å². The first-order valence-electron chi connectivity index (χ1n) is 10.6. The molecule has 0 bridgehead atoms. The molecular formula is C24H22N4O2S2. The summed E-state index contributed by atoms with van der Waals surface area (Å²) in [5.74, 6) is 0.374. The van der Waals surface area contributed by atoms with E-state index in [1.165, 1.54) is 11.8 Å². The predicted octanol–water partition coefficient (Wildman–Crippen LogP) is 4.81. The van der Waals surface area contributed by atoms with Crippen molar-refractivity contribution in [3.8, 4) is 0 Å². The topological polar surface area (TPSA) is 75.2 Å². The zero-order valence-electron chi connectivity index (χ0n) is 17.4. The van der Waals surface area contributed by atoms with Gasteiger partial charge in [0.1, 0.15) is 0 Å². The van der Waals surface area contributed by atoms with Gasteiger partial charge in [-0.3, -0.25) is 14.6 Å². The molecule has 0 saturated carbocycles. The number of thiazole rings is 1. The van der Waals surface area contributed by atoms with Crippen LogP contribution in [0.3, 0.4) is 0 Å². The molecule has 32 heavy (non-hydrogen) atoms. The molecule has 0 aliphatic carbocycles. The van der Waals surface area contributed by atoms with Crippen LogP contribution in [0.1, 0.15) is 12.8 Å². The number of thioether (sulfide) groups is 1. The van der Waals surface area contributed by atoms with Crippen molar-refractivity contribution in [3.05, 3.63) is 60.8 Å². The molecule has 1 aliphatic rings. The van der Waals surface area contributed by atoms with Crippen LogP contribution in [-0.2, 0) is 9.59 Å². The molecule has 162 valence electrons. The second kappa shape index (κ2) is 9.26. The summed E-state index contributed by atoms with van der Waals surface area (Å²) < 4.78 is 2.05. The minimum Gasteiger partial charge on any atom is -0.342 e. The molecule has 3 heterocycles. The Kier molecular flexibility index (Phi) is 6.05. The van der Waals surface area contributed by atoms with E-state index >= 15 is 0 Å². The smallest absolute Gasteiger partial charge is 0.233 e. The molecule has 1 aliphatic heterocycles. The lowest BCUT2D eigenvalue weighted by Gasteiger charge is -2.31. The molecule has 4 aromatic rings. The number of rotatable bonds is 5. The van der Waals surface area contributed by atoms with Gasteiger partial charge in [-0.15, -0.1) is 11.3 Å². The summed E-state index contributed by atoms with van der Waals surface area (Å²) in [5, 5.41) is 4.04. The molecule has 1 N–H and O–H groups in total. The zero-order chi connectivity index (χ0) is 21.9. The van der Waals surface area contributed by atoms with Gasteiger partial charge in [0.15, 0.2) is 4.34 Å². The third-order valence-corrected chi connectivity index (χ3v) is 7.87. The molecule has 0 unspecified atom stereocenters. The molecule has 8 heteroatoms. The third kappa shape index (κ3) is 4.47. The highest BCUT2D eigenvalue weighted by molar-refractivity contribution is 8.01. The van der Waals surface area contributed by atoms with Crippen molar-refractivity contribution in [2.45, 2.75) is 17.2 Å². The number of aromatic nitrogens is 2. The first-order valence-corrected chi connectivity index (χ1v) is 12.4. The standard InChI is InChI=1S/C24H22N4O2S2/c29-21(15-31-24-27-18-7-1-2-9-20(18)32-24)28-13-10-17(11-14-28)23(30)26-19-8-3-5-16-6-4-12-25-22(16)19/h1-9,12,17H,10-11,13-15H2,(H,26,30). The summed E-state index contributed by atoms with van der Waals surface area (Å²) in [7, 11) is 0. The van der Waals surface area contributed by atoms with E-state index in [0.717, 1.165) is 31.1 Å². The molecule has 1 saturated heterocycles. The number of piperidine rings is 1. The predicted molar refractivity (Wildman–Crippen MR) is 130 cm³/mol. The zero-order valence-corrected chi connectivity index (χ0v) is 19.0. The summed E-state index contributed by atoms with van der Waals surface area (Å²) in [4.78, 5) is 36.3. The van der Waals surface area contributed by atoms with E-state index in [4.69, 9.17) is 0 Å². The van der Waals surface area contributed by atoms with E-state index in [9.17, 15) is 9.59 Å². The van der Waals surface area contributed by atoms with Gasteiger partial charge in [-0.25, -0.2) is 4.98 Å². The van der Waals surface area contributed by atoms with Crippen LogP contribution in [0.5, 0.6) is 0 Å². The van der Waals surface area contributed by atoms with Gasteiger partial charge in [0.05, 0.1) is 27.2 Å². The summed E-state index contributed by atoms with van der Waals surface area (Å²) in [6, 6.07) is 17.6. The molecule has 6 nitrogen and oxygen atoms in total. The summed E-state index contributed by atoms with van der Waals surface area (Å²) in [5.41, 5.74) is 2.50. The van der Waals surface area contributed by atoms with Gasteiger partial charge in [0.2, 0.25) is 11.8 Å². The Bertz CT molecular complexity index is 1240. The summed E-state index contributed by atoms with van der Waals surface area (Å²) in [6.45, 7) is 1.20. The Morgan fingerprint density at radius 2 is 1.88 bits per heavy atom. The SMILES string of the molecule is O=C(Nc1cccc2cccnc12)C1CCN(C(=O)CSc2nc3ccccc3s2)CC1. The van der Waals surface area contributed by atoms with Crippen molar-refractivity contribution in [2.24, 2.45) is 5.92 Å². The second-order valence-electron chi connectivity index (χ2n) is 7.76. The minimum absolute atomic E-state index is 0.000831. The lowest BCUT2D eigenvalue weighted by Crippen LogP contribution is -2.42. The molecule has 0 spiro atoms. The maximum Gasteiger partial charge on any atom is 0.233 e. The highest BCUT2D eigenvalue weighted by atomic mass is 32.2. The maximum absolute atomic E-state index is 12.8. The van der Waals surface area contributed by atoms with Crippen LogP contribution in [0.15, 0.2) is 65.1 Å². The van der Waals surface area contributed by atoms with Crippen molar-refractivity contribution in [3.63, 3.8) is 0 Å². The fourth-order valence-corrected chi connectivity index (χ4v) is 5.93. The van der Waals surface area contributed by atoms with E-state index in [0.29, 0.717) is 31.7 Å². The lowest BCUT2D eigenvalue weighted by atomic mass is 9.95. The molecule has 0 atom stereocenters. The van der Waals surface area contributed by atoms with Gasteiger partial charge < -0.3 is 10.2 Å². The fraction of sp³-hybridized carbons (Fsp3) is 0.250. The van der Waals surface area contributed by atoms with Gasteiger partial charge in [0.25, 0.3) is 0 Å². The first-order chi connectivity index (χ1) is 15.7. The highest BCUT2D eigenvalue weighted by Crippen LogP contribution is 2.30. The van der Waals surface area contributed by atoms with Crippen LogP contribution in [-0.4, -0.2) is 45.5 Å². The average molecular weight is 463 g/mol. The number of nitrogens with one attached hydrogen (secondary N) is 1. The second-order valence-corrected chi connectivity index (χ2v) is 10.0. The Hall–Kier alpha value is -2.97. The third-order valence-electron chi connectivity index (χ3n) is 5.70. The lowest BCUT2D eigenvalue weighted by molar-refractivity contribution is -0.132. The van der Waals surface area contributed by atoms with Gasteiger partial charge in [-0.2, -0.15) is 0 Å². The largest absolute Gasteiger partial charge is 0.342 e. The number of fused-ring (bicyclic) bond motifs is 2. The molecule has 5 rings (SSSR count). The number of likely N-dealkylation sites (tertiary alicyclic amines) is 1. The molecular weight excluding hydrogens is 440 g/mol. The summed E-state index contributed by atoms with van der Waals surface area (Å²) >= 11 is 3.10. The Balaban J connectivity index is 1.14. The number of hydrogen-bond acceptors (Lipinski definition) is 6. The number of carbonyl (C=O) groups excluding carboxylic acids is 2. The number of hydrogen-bond donors (Lipinski definition) is 1. The molecule has 1 fully saturated rings. The van der Waals surface area contributed by atoms with E-state index in [-0.39, 0.29) is 17.7 Å². The minimum atomic E-state index is -0.102. The van der Waals surface area contributed by atoms with Crippen LogP contribution in [0.2, 0.25) is 0 Å². The Morgan fingerprint density at radius 3 is 2.72 bits per heavy atom. The van der Waals surface area contributed by atoms with Crippen LogP contribution >= 0.6 is 23.1 Å². The number of anilines is 1. The number of nitrogens with zero attached hydrogens (tertiary/aromatic N) is 3. The first kappa shape index (κ1) is 20.9. The van der Waals surface area contributed by atoms with Gasteiger partial charge >= 0.3 is 0 Å². The number of benzene rings is 2. The van der Waals surface area contributed by atoms with E-state index < -0.39 is 0 Å². The molecule has 2 amide bonds. The monoisotopic (exact) mass is 462 g/mol. The quantitative estimate of drug-likeness (QED) is 0.431. The average Bonchev–Trinajstić information content (AvgIpc) is 3.26. The van der Waals surface area contributed by atoms with Gasteiger partial charge in [0, 0.05) is 30.6 Å². The van der Waals surface area contributed by atoms with Gasteiger partial charge in [-0.05, 0) is 37.1 Å². The van der Waals surface area contributed by atoms with Crippen LogP contribution in [0.25, 0.3) is 21.1 Å². The fourth-order valence-electron chi connectivity index (χ4n) is 3.96. The number of amides is 2. The van der Waals surface area contributed by atoms with Crippen LogP contribution in [0.4, 0.5) is 5.69 Å². The number of pyridine rings is 1. The van der Waals surface area contributed by atoms with Crippen molar-refractivity contribution in [1.82, 2.24) is 14.9 Å². The molecule has 0 radical (unpaired) electrons. The summed E-state index contributed by atoms with van der Waals surface area (Å²) in [6.07, 6.45) is 3.07. The highest BCUT2D eigenvalue weighted by Gasteiger charge is 2.27. The number of carbonyl (C=O) groups is 2. The maximum atomic E-state index is 12.8. The van der Waals surface area contributed by atoms with Crippen molar-refractivity contribution >= 4 is 61.7 Å². The van der Waals surface area contributed by atoms with Crippen LogP contribution < -0.4 is 5.32 Å². The number of para-hydroxylation sites is 2. The molecule has 2 aromatic heterocycles. The van der Waals surface area contributed by atoms with Crippen molar-refractivity contribution in [1.29, 1.82) is 0 Å². The van der Waals surface area contributed by atoms with Crippen LogP contribution in [0, 0.1) is 5.92 Å². The van der Waals surface area contributed by atoms with Gasteiger partial charge in [-0.1, -0.05) is 42.1 Å². The van der Waals surface area contributed by atoms with E-state index in [1.54, 1.807) is 17.5 Å². The normalized spacial score (nSPS) is 14.7.